The molecular formula is C23H19BrN2O2. The van der Waals surface area contributed by atoms with Gasteiger partial charge in [-0.05, 0) is 41.5 Å². The van der Waals surface area contributed by atoms with Crippen LogP contribution >= 0.6 is 15.9 Å². The van der Waals surface area contributed by atoms with Crippen LogP contribution in [0.15, 0.2) is 95.1 Å². The topological polar surface area (TPSA) is 58.2 Å². The Bertz CT molecular complexity index is 969. The standard InChI is InChI=1S/C23H19BrN2O2/c24-20-13-11-19(12-14-20)22(27)26-21(15-17-7-3-1-4-8-17)23(28)25-16-18-9-5-2-6-10-18/h1-15H,16H2,(H,25,28)(H,26,27)/b21-15+. The number of halogens is 1. The Hall–Kier alpha value is -3.18. The molecular weight excluding hydrogens is 416 g/mol. The van der Waals surface area contributed by atoms with Crippen molar-refractivity contribution in [1.82, 2.24) is 10.6 Å². The van der Waals surface area contributed by atoms with Crippen molar-refractivity contribution in [2.24, 2.45) is 0 Å². The summed E-state index contributed by atoms with van der Waals surface area (Å²) in [5.41, 5.74) is 2.46. The van der Waals surface area contributed by atoms with E-state index in [1.165, 1.54) is 0 Å². The van der Waals surface area contributed by atoms with Crippen molar-refractivity contribution in [2.45, 2.75) is 6.54 Å². The Morgan fingerprint density at radius 1 is 0.821 bits per heavy atom. The first-order chi connectivity index (χ1) is 13.6. The van der Waals surface area contributed by atoms with Crippen LogP contribution in [0.4, 0.5) is 0 Å². The van der Waals surface area contributed by atoms with Crippen molar-refractivity contribution < 1.29 is 9.59 Å². The molecule has 0 saturated carbocycles. The maximum atomic E-state index is 12.7. The molecule has 2 N–H and O–H groups in total. The number of benzene rings is 3. The van der Waals surface area contributed by atoms with Crippen LogP contribution < -0.4 is 10.6 Å². The fourth-order valence-corrected chi connectivity index (χ4v) is 2.81. The lowest BCUT2D eigenvalue weighted by Gasteiger charge is -2.11. The molecule has 0 aliphatic rings. The minimum atomic E-state index is -0.349. The Labute approximate surface area is 172 Å². The van der Waals surface area contributed by atoms with Gasteiger partial charge in [0.25, 0.3) is 11.8 Å². The molecule has 3 aromatic carbocycles. The van der Waals surface area contributed by atoms with Crippen LogP contribution in [-0.4, -0.2) is 11.8 Å². The third kappa shape index (κ3) is 5.66. The number of nitrogens with one attached hydrogen (secondary N) is 2. The van der Waals surface area contributed by atoms with Gasteiger partial charge in [-0.15, -0.1) is 0 Å². The largest absolute Gasteiger partial charge is 0.347 e. The lowest BCUT2D eigenvalue weighted by Crippen LogP contribution is -2.34. The average Bonchev–Trinajstić information content (AvgIpc) is 2.73. The molecule has 0 aliphatic carbocycles. The van der Waals surface area contributed by atoms with Crippen LogP contribution in [-0.2, 0) is 11.3 Å². The van der Waals surface area contributed by atoms with E-state index in [-0.39, 0.29) is 17.5 Å². The summed E-state index contributed by atoms with van der Waals surface area (Å²) < 4.78 is 0.879. The Morgan fingerprint density at radius 3 is 2.07 bits per heavy atom. The minimum absolute atomic E-state index is 0.190. The van der Waals surface area contributed by atoms with E-state index in [0.29, 0.717) is 12.1 Å². The summed E-state index contributed by atoms with van der Waals surface area (Å²) in [5, 5.41) is 5.59. The Morgan fingerprint density at radius 2 is 1.43 bits per heavy atom. The lowest BCUT2D eigenvalue weighted by atomic mass is 10.1. The first-order valence-electron chi connectivity index (χ1n) is 8.77. The summed E-state index contributed by atoms with van der Waals surface area (Å²) >= 11 is 3.35. The van der Waals surface area contributed by atoms with Crippen molar-refractivity contribution in [3.8, 4) is 0 Å². The second-order valence-electron chi connectivity index (χ2n) is 6.10. The zero-order valence-corrected chi connectivity index (χ0v) is 16.6. The van der Waals surface area contributed by atoms with Crippen molar-refractivity contribution in [3.63, 3.8) is 0 Å². The van der Waals surface area contributed by atoms with E-state index in [9.17, 15) is 9.59 Å². The van der Waals surface area contributed by atoms with Crippen LogP contribution in [0.5, 0.6) is 0 Å². The summed E-state index contributed by atoms with van der Waals surface area (Å²) in [7, 11) is 0. The van der Waals surface area contributed by atoms with E-state index in [0.717, 1.165) is 15.6 Å². The second kappa shape index (κ2) is 9.67. The number of amides is 2. The van der Waals surface area contributed by atoms with E-state index in [1.54, 1.807) is 30.3 Å². The predicted octanol–water partition coefficient (Wildman–Crippen LogP) is 4.54. The SMILES string of the molecule is O=C(NCc1ccccc1)/C(=C\c1ccccc1)NC(=O)c1ccc(Br)cc1. The summed E-state index contributed by atoms with van der Waals surface area (Å²) in [4.78, 5) is 25.3. The molecule has 0 spiro atoms. The van der Waals surface area contributed by atoms with E-state index < -0.39 is 0 Å². The van der Waals surface area contributed by atoms with Crippen molar-refractivity contribution >= 4 is 33.8 Å². The number of rotatable bonds is 6. The molecule has 0 heterocycles. The van der Waals surface area contributed by atoms with Gasteiger partial charge < -0.3 is 10.6 Å². The highest BCUT2D eigenvalue weighted by atomic mass is 79.9. The van der Waals surface area contributed by atoms with Gasteiger partial charge in [0.2, 0.25) is 0 Å². The van der Waals surface area contributed by atoms with Gasteiger partial charge >= 0.3 is 0 Å². The highest BCUT2D eigenvalue weighted by Crippen LogP contribution is 2.12. The molecule has 0 fully saturated rings. The number of carbonyl (C=O) groups is 2. The van der Waals surface area contributed by atoms with E-state index >= 15 is 0 Å². The maximum absolute atomic E-state index is 12.7. The van der Waals surface area contributed by atoms with Crippen LogP contribution in [0.25, 0.3) is 6.08 Å². The van der Waals surface area contributed by atoms with E-state index in [4.69, 9.17) is 0 Å². The molecule has 140 valence electrons. The van der Waals surface area contributed by atoms with Crippen molar-refractivity contribution in [1.29, 1.82) is 0 Å². The zero-order valence-electron chi connectivity index (χ0n) is 15.1. The first kappa shape index (κ1) is 19.6. The molecule has 2 amide bonds. The van der Waals surface area contributed by atoms with Gasteiger partial charge in [0, 0.05) is 16.6 Å². The van der Waals surface area contributed by atoms with Gasteiger partial charge in [-0.3, -0.25) is 9.59 Å². The molecule has 0 bridgehead atoms. The fraction of sp³-hybridized carbons (Fsp3) is 0.0435. The smallest absolute Gasteiger partial charge is 0.268 e. The number of carbonyl (C=O) groups excluding carboxylic acids is 2. The molecule has 3 aromatic rings. The van der Waals surface area contributed by atoms with Crippen molar-refractivity contribution in [3.05, 3.63) is 112 Å². The molecule has 0 aliphatic heterocycles. The lowest BCUT2D eigenvalue weighted by molar-refractivity contribution is -0.117. The Kier molecular flexibility index (Phi) is 6.76. The quantitative estimate of drug-likeness (QED) is 0.559. The summed E-state index contributed by atoms with van der Waals surface area (Å²) in [6.45, 7) is 0.375. The molecule has 0 radical (unpaired) electrons. The molecule has 0 aromatic heterocycles. The average molecular weight is 435 g/mol. The second-order valence-corrected chi connectivity index (χ2v) is 7.01. The minimum Gasteiger partial charge on any atom is -0.347 e. The van der Waals surface area contributed by atoms with Gasteiger partial charge in [-0.1, -0.05) is 76.6 Å². The third-order valence-electron chi connectivity index (χ3n) is 4.01. The predicted molar refractivity (Wildman–Crippen MR) is 114 cm³/mol. The Balaban J connectivity index is 1.78. The van der Waals surface area contributed by atoms with E-state index in [2.05, 4.69) is 26.6 Å². The molecule has 0 atom stereocenters. The molecule has 28 heavy (non-hydrogen) atoms. The van der Waals surface area contributed by atoms with Gasteiger partial charge in [0.05, 0.1) is 0 Å². The summed E-state index contributed by atoms with van der Waals surface area (Å²) in [6, 6.07) is 26.0. The van der Waals surface area contributed by atoms with Crippen LogP contribution in [0, 0.1) is 0 Å². The van der Waals surface area contributed by atoms with Crippen LogP contribution in [0.1, 0.15) is 21.5 Å². The van der Waals surface area contributed by atoms with Gasteiger partial charge in [-0.25, -0.2) is 0 Å². The molecule has 5 heteroatoms. The molecule has 0 unspecified atom stereocenters. The maximum Gasteiger partial charge on any atom is 0.268 e. The number of hydrogen-bond acceptors (Lipinski definition) is 2. The van der Waals surface area contributed by atoms with Gasteiger partial charge in [0.1, 0.15) is 5.70 Å². The summed E-state index contributed by atoms with van der Waals surface area (Å²) in [6.07, 6.45) is 1.66. The molecule has 4 nitrogen and oxygen atoms in total. The molecule has 0 saturated heterocycles. The van der Waals surface area contributed by atoms with Crippen LogP contribution in [0.2, 0.25) is 0 Å². The fourth-order valence-electron chi connectivity index (χ4n) is 2.54. The summed E-state index contributed by atoms with van der Waals surface area (Å²) in [5.74, 6) is -0.692. The number of hydrogen-bond donors (Lipinski definition) is 2. The highest BCUT2D eigenvalue weighted by Gasteiger charge is 2.14. The molecule has 3 rings (SSSR count). The van der Waals surface area contributed by atoms with Gasteiger partial charge in [0.15, 0.2) is 0 Å². The third-order valence-corrected chi connectivity index (χ3v) is 4.53. The van der Waals surface area contributed by atoms with Crippen LogP contribution in [0.3, 0.4) is 0 Å². The first-order valence-corrected chi connectivity index (χ1v) is 9.57. The monoisotopic (exact) mass is 434 g/mol. The normalized spacial score (nSPS) is 11.0. The van der Waals surface area contributed by atoms with Crippen molar-refractivity contribution in [2.75, 3.05) is 0 Å². The van der Waals surface area contributed by atoms with Gasteiger partial charge in [-0.2, -0.15) is 0 Å². The van der Waals surface area contributed by atoms with E-state index in [1.807, 2.05) is 60.7 Å². The zero-order chi connectivity index (χ0) is 19.8. The highest BCUT2D eigenvalue weighted by molar-refractivity contribution is 9.10.